The average Bonchev–Trinajstić information content (AvgIpc) is 2.15. The first kappa shape index (κ1) is 10.3. The van der Waals surface area contributed by atoms with Gasteiger partial charge in [0.05, 0.1) is 24.4 Å². The summed E-state index contributed by atoms with van der Waals surface area (Å²) in [6.07, 6.45) is 3.23. The highest BCUT2D eigenvalue weighted by molar-refractivity contribution is 6.16. The minimum absolute atomic E-state index is 0.367. The third-order valence-corrected chi connectivity index (χ3v) is 1.64. The summed E-state index contributed by atoms with van der Waals surface area (Å²) in [5.41, 5.74) is 0.739. The summed E-state index contributed by atoms with van der Waals surface area (Å²) < 4.78 is 5.38. The van der Waals surface area contributed by atoms with Crippen molar-refractivity contribution >= 4 is 11.6 Å². The van der Waals surface area contributed by atoms with E-state index in [2.05, 4.69) is 23.8 Å². The molecule has 0 radical (unpaired) electrons. The van der Waals surface area contributed by atoms with E-state index in [0.717, 1.165) is 5.69 Å². The van der Waals surface area contributed by atoms with E-state index >= 15 is 0 Å². The Kier molecular flexibility index (Phi) is 3.96. The molecule has 0 aliphatic heterocycles. The topological polar surface area (TPSA) is 35.0 Å². The van der Waals surface area contributed by atoms with E-state index in [9.17, 15) is 0 Å². The molecule has 0 bridgehead atoms. The summed E-state index contributed by atoms with van der Waals surface area (Å²) in [6, 6.07) is 0. The molecule has 0 aromatic carbocycles. The molecular weight excluding hydrogens is 188 g/mol. The maximum Gasteiger partial charge on any atom is 0.232 e. The van der Waals surface area contributed by atoms with Crippen LogP contribution in [0.15, 0.2) is 12.4 Å². The van der Waals surface area contributed by atoms with Crippen LogP contribution in [0.25, 0.3) is 0 Å². The van der Waals surface area contributed by atoms with Gasteiger partial charge in [0.2, 0.25) is 5.88 Å². The fourth-order valence-corrected chi connectivity index (χ4v) is 0.901. The van der Waals surface area contributed by atoms with Crippen molar-refractivity contribution in [3.8, 4) is 5.88 Å². The molecule has 0 unspecified atom stereocenters. The van der Waals surface area contributed by atoms with E-state index in [4.69, 9.17) is 16.3 Å². The number of aromatic nitrogens is 2. The molecule has 0 amide bonds. The van der Waals surface area contributed by atoms with Crippen LogP contribution in [0, 0.1) is 5.92 Å². The predicted octanol–water partition coefficient (Wildman–Crippen LogP) is 2.25. The Morgan fingerprint density at radius 2 is 2.23 bits per heavy atom. The highest BCUT2D eigenvalue weighted by Crippen LogP contribution is 2.08. The zero-order chi connectivity index (χ0) is 9.68. The Morgan fingerprint density at radius 1 is 1.46 bits per heavy atom. The second-order valence-corrected chi connectivity index (χ2v) is 3.45. The number of rotatable bonds is 4. The normalized spacial score (nSPS) is 10.5. The van der Waals surface area contributed by atoms with Crippen LogP contribution in [-0.4, -0.2) is 16.6 Å². The van der Waals surface area contributed by atoms with Crippen molar-refractivity contribution in [2.75, 3.05) is 6.61 Å². The number of nitrogens with zero attached hydrogens (tertiary/aromatic N) is 2. The zero-order valence-corrected chi connectivity index (χ0v) is 8.58. The molecule has 0 aliphatic rings. The van der Waals surface area contributed by atoms with Gasteiger partial charge < -0.3 is 4.74 Å². The molecule has 0 atom stereocenters. The van der Waals surface area contributed by atoms with Gasteiger partial charge in [0.15, 0.2) is 0 Å². The Balaban J connectivity index is 2.56. The Morgan fingerprint density at radius 3 is 2.85 bits per heavy atom. The second-order valence-electron chi connectivity index (χ2n) is 3.19. The van der Waals surface area contributed by atoms with Crippen molar-refractivity contribution in [1.82, 2.24) is 9.97 Å². The quantitative estimate of drug-likeness (QED) is 0.700. The monoisotopic (exact) mass is 200 g/mol. The van der Waals surface area contributed by atoms with Crippen molar-refractivity contribution in [2.24, 2.45) is 5.92 Å². The Labute approximate surface area is 83.1 Å². The number of hydrogen-bond acceptors (Lipinski definition) is 3. The van der Waals surface area contributed by atoms with Crippen LogP contribution in [0.3, 0.4) is 0 Å². The molecule has 0 N–H and O–H groups in total. The Bertz CT molecular complexity index is 266. The smallest absolute Gasteiger partial charge is 0.232 e. The van der Waals surface area contributed by atoms with Crippen molar-refractivity contribution in [3.63, 3.8) is 0 Å². The molecule has 72 valence electrons. The van der Waals surface area contributed by atoms with Gasteiger partial charge in [-0.3, -0.25) is 4.98 Å². The minimum atomic E-state index is 0.367. The molecule has 13 heavy (non-hydrogen) atoms. The molecule has 3 nitrogen and oxygen atoms in total. The highest BCUT2D eigenvalue weighted by atomic mass is 35.5. The van der Waals surface area contributed by atoms with Gasteiger partial charge in [-0.15, -0.1) is 11.6 Å². The lowest BCUT2D eigenvalue weighted by atomic mass is 10.2. The lowest BCUT2D eigenvalue weighted by Gasteiger charge is -2.07. The summed E-state index contributed by atoms with van der Waals surface area (Å²) >= 11 is 5.60. The van der Waals surface area contributed by atoms with Gasteiger partial charge in [0.25, 0.3) is 0 Å². The molecule has 0 aliphatic carbocycles. The van der Waals surface area contributed by atoms with Crippen LogP contribution in [-0.2, 0) is 5.88 Å². The van der Waals surface area contributed by atoms with E-state index < -0.39 is 0 Å². The predicted molar refractivity (Wildman–Crippen MR) is 51.9 cm³/mol. The van der Waals surface area contributed by atoms with Crippen molar-refractivity contribution in [1.29, 1.82) is 0 Å². The molecule has 0 fully saturated rings. The van der Waals surface area contributed by atoms with E-state index in [0.29, 0.717) is 24.3 Å². The fraction of sp³-hybridized carbons (Fsp3) is 0.556. The number of halogens is 1. The summed E-state index contributed by atoms with van der Waals surface area (Å²) in [6.45, 7) is 4.82. The average molecular weight is 201 g/mol. The third-order valence-electron chi connectivity index (χ3n) is 1.36. The molecule has 0 spiro atoms. The van der Waals surface area contributed by atoms with E-state index in [1.807, 2.05) is 0 Å². The van der Waals surface area contributed by atoms with Gasteiger partial charge in [0, 0.05) is 6.20 Å². The zero-order valence-electron chi connectivity index (χ0n) is 7.83. The van der Waals surface area contributed by atoms with Crippen molar-refractivity contribution in [3.05, 3.63) is 18.1 Å². The largest absolute Gasteiger partial charge is 0.476 e. The van der Waals surface area contributed by atoms with Gasteiger partial charge in [0.1, 0.15) is 0 Å². The van der Waals surface area contributed by atoms with Crippen LogP contribution in [0.4, 0.5) is 0 Å². The molecule has 1 aromatic heterocycles. The fourth-order valence-electron chi connectivity index (χ4n) is 0.772. The van der Waals surface area contributed by atoms with Crippen LogP contribution in [0.1, 0.15) is 19.5 Å². The van der Waals surface area contributed by atoms with Crippen LogP contribution in [0.2, 0.25) is 0 Å². The van der Waals surface area contributed by atoms with Gasteiger partial charge in [-0.2, -0.15) is 0 Å². The maximum absolute atomic E-state index is 5.60. The van der Waals surface area contributed by atoms with Crippen LogP contribution < -0.4 is 4.74 Å². The van der Waals surface area contributed by atoms with Crippen LogP contribution in [0.5, 0.6) is 5.88 Å². The minimum Gasteiger partial charge on any atom is -0.476 e. The third kappa shape index (κ3) is 3.59. The van der Waals surface area contributed by atoms with Crippen molar-refractivity contribution in [2.45, 2.75) is 19.7 Å². The van der Waals surface area contributed by atoms with Gasteiger partial charge in [-0.1, -0.05) is 13.8 Å². The van der Waals surface area contributed by atoms with Crippen LogP contribution >= 0.6 is 11.6 Å². The summed E-state index contributed by atoms with van der Waals surface area (Å²) in [4.78, 5) is 8.11. The number of alkyl halides is 1. The molecule has 1 rings (SSSR count). The Hall–Kier alpha value is -0.830. The van der Waals surface area contributed by atoms with Gasteiger partial charge in [-0.25, -0.2) is 4.98 Å². The van der Waals surface area contributed by atoms with Gasteiger partial charge >= 0.3 is 0 Å². The first-order valence-electron chi connectivity index (χ1n) is 4.22. The molecule has 0 saturated carbocycles. The van der Waals surface area contributed by atoms with E-state index in [1.165, 1.54) is 0 Å². The molecule has 4 heteroatoms. The number of ether oxygens (including phenoxy) is 1. The van der Waals surface area contributed by atoms with Gasteiger partial charge in [-0.05, 0) is 5.92 Å². The standard InChI is InChI=1S/C9H13ClN2O/c1-7(2)6-13-9-5-11-4-8(3-10)12-9/h4-5,7H,3,6H2,1-2H3. The lowest BCUT2D eigenvalue weighted by molar-refractivity contribution is 0.259. The highest BCUT2D eigenvalue weighted by Gasteiger charge is 2.00. The maximum atomic E-state index is 5.60. The number of hydrogen-bond donors (Lipinski definition) is 0. The molecule has 0 saturated heterocycles. The SMILES string of the molecule is CC(C)COc1cncc(CCl)n1. The first-order valence-corrected chi connectivity index (χ1v) is 4.75. The summed E-state index contributed by atoms with van der Waals surface area (Å²) in [5, 5.41) is 0. The first-order chi connectivity index (χ1) is 6.22. The second kappa shape index (κ2) is 5.02. The van der Waals surface area contributed by atoms with Crippen molar-refractivity contribution < 1.29 is 4.74 Å². The van der Waals surface area contributed by atoms with E-state index in [-0.39, 0.29) is 0 Å². The summed E-state index contributed by atoms with van der Waals surface area (Å²) in [5.74, 6) is 1.40. The molecular formula is C9H13ClN2O. The summed E-state index contributed by atoms with van der Waals surface area (Å²) in [7, 11) is 0. The molecule has 1 heterocycles. The van der Waals surface area contributed by atoms with E-state index in [1.54, 1.807) is 12.4 Å². The molecule has 1 aromatic rings. The lowest BCUT2D eigenvalue weighted by Crippen LogP contribution is -2.06.